The van der Waals surface area contributed by atoms with Gasteiger partial charge in [-0.1, -0.05) is 127 Å². The van der Waals surface area contributed by atoms with E-state index in [1.807, 2.05) is 54.6 Å². The molecule has 0 aliphatic heterocycles. The van der Waals surface area contributed by atoms with E-state index in [1.165, 1.54) is 38.6 Å². The van der Waals surface area contributed by atoms with Crippen LogP contribution in [0.2, 0.25) is 0 Å². The minimum Gasteiger partial charge on any atom is -0.253 e. The van der Waals surface area contributed by atoms with Crippen molar-refractivity contribution in [3.8, 4) is 78.9 Å². The molecule has 6 aromatic carbocycles. The fourth-order valence-electron chi connectivity index (χ4n) is 7.13. The van der Waals surface area contributed by atoms with Crippen LogP contribution in [0.4, 0.5) is 0 Å². The number of rotatable bonds is 9. The molecule has 9 aromatic rings. The van der Waals surface area contributed by atoms with Gasteiger partial charge in [0.05, 0.1) is 0 Å². The minimum absolute atomic E-state index is 0.499. The van der Waals surface area contributed by atoms with Crippen molar-refractivity contribution in [3.63, 3.8) is 0 Å². The van der Waals surface area contributed by atoms with Gasteiger partial charge >= 0.3 is 0 Å². The summed E-state index contributed by atoms with van der Waals surface area (Å²) in [7, 11) is 0. The topological polar surface area (TPSA) is 64.5 Å². The summed E-state index contributed by atoms with van der Waals surface area (Å²) in [5, 5.41) is 2.53. The van der Waals surface area contributed by atoms with Crippen LogP contribution in [0.15, 0.2) is 195 Å². The van der Waals surface area contributed by atoms with E-state index >= 15 is 0 Å². The Hall–Kier alpha value is -7.37. The Kier molecular flexibility index (Phi) is 9.09. The maximum atomic E-state index is 4.87. The Morgan fingerprint density at radius 3 is 1.33 bits per heavy atom. The maximum Gasteiger partial charge on any atom is 0.182 e. The summed E-state index contributed by atoms with van der Waals surface area (Å²) >= 11 is 0. The summed E-state index contributed by atoms with van der Waals surface area (Å²) in [4.78, 5) is 23.5. The highest BCUT2D eigenvalue weighted by molar-refractivity contribution is 5.99. The van der Waals surface area contributed by atoms with E-state index in [9.17, 15) is 0 Å². The van der Waals surface area contributed by atoms with Gasteiger partial charge in [0.1, 0.15) is 11.4 Å². The summed E-state index contributed by atoms with van der Waals surface area (Å²) in [6.07, 6.45) is 6.30. The summed E-state index contributed by atoms with van der Waals surface area (Å²) in [5.41, 5.74) is 12.7. The van der Waals surface area contributed by atoms with E-state index in [2.05, 4.69) is 138 Å². The van der Waals surface area contributed by atoms with Gasteiger partial charge in [0.2, 0.25) is 0 Å². The molecule has 9 rings (SSSR count). The number of allylic oxidation sites excluding steroid dienone is 1. The van der Waals surface area contributed by atoms with E-state index in [1.54, 1.807) is 12.4 Å². The monoisotopic (exact) mass is 705 g/mol. The second-order valence-corrected chi connectivity index (χ2v) is 13.4. The third kappa shape index (κ3) is 6.95. The Balaban J connectivity index is 1.05. The molecule has 0 amide bonds. The molecule has 0 saturated heterocycles. The zero-order valence-electron chi connectivity index (χ0n) is 30.0. The largest absolute Gasteiger partial charge is 0.253 e. The molecule has 3 heterocycles. The number of pyridine rings is 2. The zero-order chi connectivity index (χ0) is 37.0. The smallest absolute Gasteiger partial charge is 0.182 e. The van der Waals surface area contributed by atoms with Crippen LogP contribution in [0, 0.1) is 0 Å². The standard InChI is InChI=1S/C50H35N5/c1-2-13-34-26-27-44(45-23-4-3-22-43(34)45)41-20-11-18-39(32-41)37-16-9-14-35(30-37)36-15-10-17-38(31-36)40-19-12-21-42(33-40)48-53-49(46-24-5-7-28-51-46)55-50(54-48)47-25-6-8-29-52-47/h2-12,14-33H,1,13H2. The Bertz CT molecular complexity index is 2750. The first-order valence-corrected chi connectivity index (χ1v) is 18.3. The van der Waals surface area contributed by atoms with E-state index in [4.69, 9.17) is 15.0 Å². The normalized spacial score (nSPS) is 11.1. The van der Waals surface area contributed by atoms with Gasteiger partial charge in [-0.15, -0.1) is 6.58 Å². The summed E-state index contributed by atoms with van der Waals surface area (Å²) in [5.74, 6) is 1.56. The van der Waals surface area contributed by atoms with Crippen LogP contribution in [0.3, 0.4) is 0 Å². The first-order valence-electron chi connectivity index (χ1n) is 18.3. The molecule has 5 nitrogen and oxygen atoms in total. The number of fused-ring (bicyclic) bond motifs is 1. The fraction of sp³-hybridized carbons (Fsp3) is 0.0200. The molecular weight excluding hydrogens is 671 g/mol. The number of nitrogens with zero attached hydrogens (tertiary/aromatic N) is 5. The van der Waals surface area contributed by atoms with Gasteiger partial charge in [0.25, 0.3) is 0 Å². The van der Waals surface area contributed by atoms with Gasteiger partial charge in [0.15, 0.2) is 17.5 Å². The second kappa shape index (κ2) is 14.9. The molecule has 0 unspecified atom stereocenters. The van der Waals surface area contributed by atoms with Crippen molar-refractivity contribution in [1.29, 1.82) is 0 Å². The maximum absolute atomic E-state index is 4.87. The van der Waals surface area contributed by atoms with Crippen molar-refractivity contribution in [2.24, 2.45) is 0 Å². The highest BCUT2D eigenvalue weighted by Crippen LogP contribution is 2.36. The minimum atomic E-state index is 0.499. The lowest BCUT2D eigenvalue weighted by Gasteiger charge is -2.13. The van der Waals surface area contributed by atoms with Crippen molar-refractivity contribution < 1.29 is 0 Å². The molecule has 0 radical (unpaired) electrons. The van der Waals surface area contributed by atoms with Crippen molar-refractivity contribution in [2.75, 3.05) is 0 Å². The Morgan fingerprint density at radius 2 is 0.818 bits per heavy atom. The first-order chi connectivity index (χ1) is 27.2. The van der Waals surface area contributed by atoms with Crippen LogP contribution in [-0.4, -0.2) is 24.9 Å². The Labute approximate surface area is 320 Å². The van der Waals surface area contributed by atoms with Gasteiger partial charge in [0, 0.05) is 18.0 Å². The highest BCUT2D eigenvalue weighted by atomic mass is 15.1. The van der Waals surface area contributed by atoms with Gasteiger partial charge in [-0.05, 0) is 116 Å². The Morgan fingerprint density at radius 1 is 0.382 bits per heavy atom. The first kappa shape index (κ1) is 33.5. The third-order valence-electron chi connectivity index (χ3n) is 9.82. The van der Waals surface area contributed by atoms with Crippen LogP contribution in [0.25, 0.3) is 89.7 Å². The van der Waals surface area contributed by atoms with E-state index in [-0.39, 0.29) is 0 Å². The van der Waals surface area contributed by atoms with E-state index < -0.39 is 0 Å². The van der Waals surface area contributed by atoms with E-state index in [0.717, 1.165) is 34.2 Å². The lowest BCUT2D eigenvalue weighted by molar-refractivity contribution is 1.05. The van der Waals surface area contributed by atoms with Crippen molar-refractivity contribution in [2.45, 2.75) is 6.42 Å². The molecule has 0 fully saturated rings. The van der Waals surface area contributed by atoms with Gasteiger partial charge in [-0.3, -0.25) is 9.97 Å². The van der Waals surface area contributed by atoms with Gasteiger partial charge in [-0.25, -0.2) is 15.0 Å². The fourth-order valence-corrected chi connectivity index (χ4v) is 7.13. The van der Waals surface area contributed by atoms with Crippen molar-refractivity contribution >= 4 is 10.8 Å². The molecule has 0 spiro atoms. The van der Waals surface area contributed by atoms with Crippen LogP contribution < -0.4 is 0 Å². The summed E-state index contributed by atoms with van der Waals surface area (Å²) in [6, 6.07) is 59.2. The molecule has 0 saturated carbocycles. The molecule has 0 atom stereocenters. The SMILES string of the molecule is C=CCc1ccc(-c2cccc(-c3cccc(-c4cccc(-c5cccc(-c6nc(-c7ccccn7)nc(-c7ccccn7)n6)c5)c4)c3)c2)c2ccccc12. The predicted octanol–water partition coefficient (Wildman–Crippen LogP) is 12.2. The second-order valence-electron chi connectivity index (χ2n) is 13.4. The number of hydrogen-bond donors (Lipinski definition) is 0. The molecule has 0 aliphatic carbocycles. The summed E-state index contributed by atoms with van der Waals surface area (Å²) in [6.45, 7) is 3.97. The lowest BCUT2D eigenvalue weighted by atomic mass is 9.91. The average Bonchev–Trinajstić information content (AvgIpc) is 3.27. The highest BCUT2D eigenvalue weighted by Gasteiger charge is 2.15. The van der Waals surface area contributed by atoms with Crippen LogP contribution in [0.5, 0.6) is 0 Å². The van der Waals surface area contributed by atoms with Crippen LogP contribution in [0.1, 0.15) is 5.56 Å². The van der Waals surface area contributed by atoms with Gasteiger partial charge < -0.3 is 0 Å². The molecule has 0 aliphatic rings. The quantitative estimate of drug-likeness (QED) is 0.140. The van der Waals surface area contributed by atoms with Crippen LogP contribution >= 0.6 is 0 Å². The number of hydrogen-bond acceptors (Lipinski definition) is 5. The number of benzene rings is 6. The van der Waals surface area contributed by atoms with Gasteiger partial charge in [-0.2, -0.15) is 0 Å². The van der Waals surface area contributed by atoms with E-state index in [0.29, 0.717) is 28.9 Å². The van der Waals surface area contributed by atoms with Crippen LogP contribution in [-0.2, 0) is 6.42 Å². The third-order valence-corrected chi connectivity index (χ3v) is 9.82. The molecular formula is C50H35N5. The molecule has 5 heteroatoms. The molecule has 55 heavy (non-hydrogen) atoms. The van der Waals surface area contributed by atoms with Crippen molar-refractivity contribution in [1.82, 2.24) is 24.9 Å². The summed E-state index contributed by atoms with van der Waals surface area (Å²) < 4.78 is 0. The molecule has 0 N–H and O–H groups in total. The molecule has 0 bridgehead atoms. The average molecular weight is 706 g/mol. The van der Waals surface area contributed by atoms with Crippen molar-refractivity contribution in [3.05, 3.63) is 200 Å². The predicted molar refractivity (Wildman–Crippen MR) is 225 cm³/mol. The molecule has 3 aromatic heterocycles. The zero-order valence-corrected chi connectivity index (χ0v) is 30.0. The molecule has 260 valence electrons. The lowest BCUT2D eigenvalue weighted by Crippen LogP contribution is -2.01. The number of aromatic nitrogens is 5.